The topological polar surface area (TPSA) is 52.1 Å². The van der Waals surface area contributed by atoms with Gasteiger partial charge in [-0.1, -0.05) is 41.7 Å². The van der Waals surface area contributed by atoms with Crippen LogP contribution < -0.4 is 0 Å². The number of aromatic nitrogens is 2. The van der Waals surface area contributed by atoms with Crippen LogP contribution in [0.1, 0.15) is 15.9 Å². The van der Waals surface area contributed by atoms with Crippen LogP contribution in [0.2, 0.25) is 0 Å². The van der Waals surface area contributed by atoms with Gasteiger partial charge in [-0.3, -0.25) is 0 Å². The first kappa shape index (κ1) is 17.1. The van der Waals surface area contributed by atoms with Crippen LogP contribution in [-0.2, 0) is 10.9 Å². The highest BCUT2D eigenvalue weighted by Crippen LogP contribution is 2.34. The van der Waals surface area contributed by atoms with Crippen LogP contribution in [0.15, 0.2) is 48.5 Å². The molecule has 1 heterocycles. The lowest BCUT2D eigenvalue weighted by Gasteiger charge is -2.06. The molecule has 1 aromatic heterocycles. The molecule has 0 N–H and O–H groups in total. The molecule has 3 aromatic rings. The molecule has 0 aliphatic rings. The number of carbonyl (C=O) groups excluding carboxylic acids is 1. The van der Waals surface area contributed by atoms with E-state index in [2.05, 4.69) is 10.2 Å². The Hall–Kier alpha value is -2.74. The van der Waals surface area contributed by atoms with Gasteiger partial charge in [-0.05, 0) is 18.2 Å². The van der Waals surface area contributed by atoms with Gasteiger partial charge in [-0.25, -0.2) is 4.79 Å². The van der Waals surface area contributed by atoms with Crippen LogP contribution in [0.5, 0.6) is 0 Å². The van der Waals surface area contributed by atoms with Gasteiger partial charge in [0.2, 0.25) is 0 Å². The lowest BCUT2D eigenvalue weighted by atomic mass is 10.1. The summed E-state index contributed by atoms with van der Waals surface area (Å²) in [5.74, 6) is -0.498. The summed E-state index contributed by atoms with van der Waals surface area (Å²) in [7, 11) is 1.28. The molecule has 0 saturated heterocycles. The van der Waals surface area contributed by atoms with Crippen LogP contribution in [-0.4, -0.2) is 23.3 Å². The molecule has 0 bridgehead atoms. The molecule has 0 aliphatic carbocycles. The van der Waals surface area contributed by atoms with E-state index >= 15 is 0 Å². The highest BCUT2D eigenvalue weighted by molar-refractivity contribution is 7.18. The Morgan fingerprint density at radius 2 is 1.64 bits per heavy atom. The zero-order valence-electron chi connectivity index (χ0n) is 12.9. The van der Waals surface area contributed by atoms with Gasteiger partial charge in [0, 0.05) is 11.1 Å². The van der Waals surface area contributed by atoms with Crippen molar-refractivity contribution in [1.29, 1.82) is 0 Å². The number of alkyl halides is 3. The van der Waals surface area contributed by atoms with Crippen molar-refractivity contribution in [2.24, 2.45) is 0 Å². The fourth-order valence-electron chi connectivity index (χ4n) is 2.21. The van der Waals surface area contributed by atoms with Crippen molar-refractivity contribution in [3.63, 3.8) is 0 Å². The summed E-state index contributed by atoms with van der Waals surface area (Å²) in [6.45, 7) is 0. The quantitative estimate of drug-likeness (QED) is 0.634. The van der Waals surface area contributed by atoms with Crippen LogP contribution in [0, 0.1) is 0 Å². The Morgan fingerprint density at radius 3 is 2.28 bits per heavy atom. The Bertz CT molecular complexity index is 905. The molecule has 25 heavy (non-hydrogen) atoms. The lowest BCUT2D eigenvalue weighted by Crippen LogP contribution is -2.03. The molecule has 0 aliphatic heterocycles. The smallest absolute Gasteiger partial charge is 0.416 e. The molecule has 0 amide bonds. The van der Waals surface area contributed by atoms with E-state index in [1.54, 1.807) is 24.3 Å². The van der Waals surface area contributed by atoms with Gasteiger partial charge in [-0.15, -0.1) is 10.2 Å². The molecule has 0 unspecified atom stereocenters. The number of hydrogen-bond donors (Lipinski definition) is 0. The monoisotopic (exact) mass is 364 g/mol. The Balaban J connectivity index is 1.95. The normalized spacial score (nSPS) is 11.4. The molecule has 3 rings (SSSR count). The number of halogens is 3. The largest absolute Gasteiger partial charge is 0.465 e. The molecule has 4 nitrogen and oxygen atoms in total. The summed E-state index contributed by atoms with van der Waals surface area (Å²) in [6.07, 6.45) is -4.38. The van der Waals surface area contributed by atoms with Crippen molar-refractivity contribution in [2.75, 3.05) is 7.11 Å². The van der Waals surface area contributed by atoms with Crippen molar-refractivity contribution in [2.45, 2.75) is 6.18 Å². The van der Waals surface area contributed by atoms with Gasteiger partial charge in [-0.2, -0.15) is 13.2 Å². The SMILES string of the molecule is COC(=O)c1ccccc1-c1nnc(-c2ccc(C(F)(F)F)cc2)s1. The average Bonchev–Trinajstić information content (AvgIpc) is 3.10. The summed E-state index contributed by atoms with van der Waals surface area (Å²) in [6, 6.07) is 11.5. The predicted molar refractivity (Wildman–Crippen MR) is 87.1 cm³/mol. The van der Waals surface area contributed by atoms with E-state index in [9.17, 15) is 18.0 Å². The first-order valence-corrected chi connectivity index (χ1v) is 7.90. The zero-order valence-corrected chi connectivity index (χ0v) is 13.7. The maximum Gasteiger partial charge on any atom is 0.416 e. The molecular weight excluding hydrogens is 353 g/mol. The first-order valence-electron chi connectivity index (χ1n) is 7.09. The number of ether oxygens (including phenoxy) is 1. The van der Waals surface area contributed by atoms with Crippen LogP contribution >= 0.6 is 11.3 Å². The fourth-order valence-corrected chi connectivity index (χ4v) is 3.10. The second-order valence-corrected chi connectivity index (χ2v) is 6.00. The number of hydrogen-bond acceptors (Lipinski definition) is 5. The van der Waals surface area contributed by atoms with Crippen LogP contribution in [0.4, 0.5) is 13.2 Å². The molecule has 2 aromatic carbocycles. The minimum Gasteiger partial charge on any atom is -0.465 e. The van der Waals surface area contributed by atoms with E-state index in [1.807, 2.05) is 0 Å². The minimum absolute atomic E-state index is 0.347. The van der Waals surface area contributed by atoms with Gasteiger partial charge in [0.25, 0.3) is 0 Å². The molecule has 128 valence electrons. The van der Waals surface area contributed by atoms with E-state index in [0.717, 1.165) is 12.1 Å². The van der Waals surface area contributed by atoms with Crippen LogP contribution in [0.25, 0.3) is 21.1 Å². The van der Waals surface area contributed by atoms with E-state index in [0.29, 0.717) is 26.7 Å². The highest BCUT2D eigenvalue weighted by Gasteiger charge is 2.30. The number of esters is 1. The highest BCUT2D eigenvalue weighted by atomic mass is 32.1. The summed E-state index contributed by atoms with van der Waals surface area (Å²) in [4.78, 5) is 11.8. The van der Waals surface area contributed by atoms with Crippen molar-refractivity contribution in [3.8, 4) is 21.1 Å². The Labute approximate surface area is 144 Å². The summed E-state index contributed by atoms with van der Waals surface area (Å²) < 4.78 is 42.6. The Kier molecular flexibility index (Phi) is 4.54. The van der Waals surface area contributed by atoms with Gasteiger partial charge < -0.3 is 4.74 Å². The van der Waals surface area contributed by atoms with Crippen molar-refractivity contribution in [1.82, 2.24) is 10.2 Å². The standard InChI is InChI=1S/C17H11F3N2O2S/c1-24-16(23)13-5-3-2-4-12(13)15-22-21-14(25-15)10-6-8-11(9-7-10)17(18,19)20/h2-9H,1H3. The molecule has 0 radical (unpaired) electrons. The molecule has 0 saturated carbocycles. The molecular formula is C17H11F3N2O2S. The van der Waals surface area contributed by atoms with E-state index < -0.39 is 17.7 Å². The molecule has 0 spiro atoms. The number of benzene rings is 2. The van der Waals surface area contributed by atoms with Crippen molar-refractivity contribution in [3.05, 3.63) is 59.7 Å². The molecule has 0 fully saturated rings. The Morgan fingerprint density at radius 1 is 1.00 bits per heavy atom. The van der Waals surface area contributed by atoms with Crippen LogP contribution in [0.3, 0.4) is 0 Å². The van der Waals surface area contributed by atoms with E-state index in [1.165, 1.54) is 30.6 Å². The lowest BCUT2D eigenvalue weighted by molar-refractivity contribution is -0.137. The maximum absolute atomic E-state index is 12.6. The number of carbonyl (C=O) groups is 1. The van der Waals surface area contributed by atoms with Gasteiger partial charge in [0.05, 0.1) is 18.2 Å². The number of methoxy groups -OCH3 is 1. The molecule has 0 atom stereocenters. The van der Waals surface area contributed by atoms with Gasteiger partial charge in [0.15, 0.2) is 0 Å². The summed E-state index contributed by atoms with van der Waals surface area (Å²) in [5, 5.41) is 9.01. The summed E-state index contributed by atoms with van der Waals surface area (Å²) >= 11 is 1.18. The number of rotatable bonds is 3. The zero-order chi connectivity index (χ0) is 18.0. The first-order chi connectivity index (χ1) is 11.9. The predicted octanol–water partition coefficient (Wildman–Crippen LogP) is 4.68. The third-order valence-corrected chi connectivity index (χ3v) is 4.45. The van der Waals surface area contributed by atoms with Crippen molar-refractivity contribution < 1.29 is 22.7 Å². The summed E-state index contributed by atoms with van der Waals surface area (Å²) in [5.41, 5.74) is 0.703. The second kappa shape index (κ2) is 6.64. The van der Waals surface area contributed by atoms with Gasteiger partial charge >= 0.3 is 12.1 Å². The van der Waals surface area contributed by atoms with Crippen molar-refractivity contribution >= 4 is 17.3 Å². The van der Waals surface area contributed by atoms with E-state index in [4.69, 9.17) is 4.74 Å². The second-order valence-electron chi connectivity index (χ2n) is 5.02. The third kappa shape index (κ3) is 3.53. The molecule has 8 heteroatoms. The average molecular weight is 364 g/mol. The third-order valence-electron chi connectivity index (χ3n) is 3.45. The van der Waals surface area contributed by atoms with E-state index in [-0.39, 0.29) is 0 Å². The maximum atomic E-state index is 12.6. The minimum atomic E-state index is -4.38. The van der Waals surface area contributed by atoms with Gasteiger partial charge in [0.1, 0.15) is 10.0 Å². The number of nitrogens with zero attached hydrogens (tertiary/aromatic N) is 2. The fraction of sp³-hybridized carbons (Fsp3) is 0.118.